The number of nitrogens with zero attached hydrogens (tertiary/aromatic N) is 1. The van der Waals surface area contributed by atoms with Crippen LogP contribution >= 0.6 is 0 Å². The van der Waals surface area contributed by atoms with Crippen LogP contribution in [-0.4, -0.2) is 21.8 Å². The highest BCUT2D eigenvalue weighted by Gasteiger charge is 2.55. The minimum Gasteiger partial charge on any atom is -0.364 e. The zero-order valence-corrected chi connectivity index (χ0v) is 17.6. The lowest BCUT2D eigenvalue weighted by molar-refractivity contribution is -0.0409. The molecule has 5 nitrogen and oxygen atoms in total. The Morgan fingerprint density at radius 1 is 1.19 bits per heavy atom. The molecule has 2 heterocycles. The van der Waals surface area contributed by atoms with Crippen LogP contribution in [0.2, 0.25) is 0 Å². The normalized spacial score (nSPS) is 23.4. The number of amides is 1. The molecule has 1 aromatic carbocycles. The number of hydrogen-bond acceptors (Lipinski definition) is 3. The largest absolute Gasteiger partial charge is 0.364 e. The maximum absolute atomic E-state index is 13.7. The molecule has 3 atom stereocenters. The highest BCUT2D eigenvalue weighted by molar-refractivity contribution is 6.03. The van der Waals surface area contributed by atoms with Crippen LogP contribution < -0.4 is 11.2 Å². The highest BCUT2D eigenvalue weighted by atomic mass is 19.3. The minimum atomic E-state index is -2.48. The number of carbonyl (C=O) groups excluding carboxylic acids is 1. The third-order valence-corrected chi connectivity index (χ3v) is 6.69. The van der Waals surface area contributed by atoms with Gasteiger partial charge in [0.15, 0.2) is 5.43 Å². The monoisotopic (exact) mass is 443 g/mol. The Morgan fingerprint density at radius 3 is 2.69 bits per heavy atom. The predicted octanol–water partition coefficient (Wildman–Crippen LogP) is 4.70. The number of benzene rings is 1. The first-order valence-corrected chi connectivity index (χ1v) is 10.6. The number of halogens is 3. The number of primary amides is 1. The highest BCUT2D eigenvalue weighted by Crippen LogP contribution is 2.58. The predicted molar refractivity (Wildman–Crippen MR) is 115 cm³/mol. The molecule has 3 aromatic rings. The van der Waals surface area contributed by atoms with E-state index in [1.54, 1.807) is 19.1 Å². The van der Waals surface area contributed by atoms with Crippen molar-refractivity contribution in [2.75, 3.05) is 0 Å². The van der Waals surface area contributed by atoms with E-state index in [-0.39, 0.29) is 40.6 Å². The van der Waals surface area contributed by atoms with Gasteiger partial charge in [0.1, 0.15) is 11.5 Å². The number of rotatable bonds is 2. The number of aromatic amines is 1. The second-order valence-electron chi connectivity index (χ2n) is 8.55. The van der Waals surface area contributed by atoms with E-state index >= 15 is 0 Å². The number of fused-ring (bicyclic) bond motifs is 2. The Hall–Kier alpha value is -3.16. The van der Waals surface area contributed by atoms with Crippen LogP contribution in [0.5, 0.6) is 0 Å². The van der Waals surface area contributed by atoms with Gasteiger partial charge in [-0.15, -0.1) is 0 Å². The van der Waals surface area contributed by atoms with Crippen molar-refractivity contribution in [2.24, 2.45) is 17.6 Å². The minimum absolute atomic E-state index is 0.00403. The number of aryl methyl sites for hydroxylation is 1. The fourth-order valence-electron chi connectivity index (χ4n) is 5.16. The fourth-order valence-corrected chi connectivity index (χ4v) is 5.16. The van der Waals surface area contributed by atoms with Gasteiger partial charge >= 0.3 is 0 Å². The van der Waals surface area contributed by atoms with Crippen molar-refractivity contribution in [2.45, 2.75) is 44.4 Å². The van der Waals surface area contributed by atoms with Gasteiger partial charge in [0.05, 0.1) is 10.9 Å². The number of nitrogens with two attached hydrogens (primary N) is 1. The third kappa shape index (κ3) is 4.01. The van der Waals surface area contributed by atoms with Gasteiger partial charge in [0.25, 0.3) is 11.8 Å². The summed E-state index contributed by atoms with van der Waals surface area (Å²) in [5, 5.41) is 0.238. The maximum Gasteiger partial charge on any atom is 0.268 e. The maximum atomic E-state index is 13.7. The quantitative estimate of drug-likeness (QED) is 0.602. The Kier molecular flexibility index (Phi) is 5.79. The molecule has 168 valence electrons. The summed E-state index contributed by atoms with van der Waals surface area (Å²) >= 11 is 0. The van der Waals surface area contributed by atoms with Gasteiger partial charge in [-0.1, -0.05) is 12.1 Å². The average Bonchev–Trinajstić information content (AvgIpc) is 3.31. The molecular weight excluding hydrogens is 419 g/mol. The molecule has 0 spiro atoms. The molecule has 2 fully saturated rings. The summed E-state index contributed by atoms with van der Waals surface area (Å²) in [6.45, 7) is 1.73. The number of aromatic nitrogens is 2. The summed E-state index contributed by atoms with van der Waals surface area (Å²) in [6.07, 6.45) is 5.00. The van der Waals surface area contributed by atoms with E-state index < -0.39 is 17.7 Å². The van der Waals surface area contributed by atoms with E-state index in [1.165, 1.54) is 24.5 Å². The Bertz CT molecular complexity index is 1220. The van der Waals surface area contributed by atoms with Gasteiger partial charge in [-0.3, -0.25) is 14.6 Å². The molecule has 2 aliphatic carbocycles. The van der Waals surface area contributed by atoms with Crippen LogP contribution in [0.4, 0.5) is 13.2 Å². The molecule has 32 heavy (non-hydrogen) atoms. The number of H-pyrrole nitrogens is 1. The lowest BCUT2D eigenvalue weighted by atomic mass is 9.85. The molecule has 3 N–H and O–H groups in total. The molecule has 1 amide bonds. The van der Waals surface area contributed by atoms with Gasteiger partial charge in [0.2, 0.25) is 0 Å². The molecule has 0 aliphatic heterocycles. The molecular formula is C24H24F3N3O2. The van der Waals surface area contributed by atoms with Gasteiger partial charge in [-0.2, -0.15) is 0 Å². The Labute approximate surface area is 182 Å². The molecule has 5 rings (SSSR count). The standard InChI is InChI=1S/C15H17F3.C9H7N3O2/c1-9-8-10(2-5-14(9)16)11-3-4-13-12(11)6-7-15(13,17)18;10-9(14)8-7-5(1-3-12-8)11-4-2-6(7)13/h2,5,8,11-13H,3-4,6-7H2,1H3;1-4H,(H2,10,14)(H,11,13)/t11?,12-,13+;/m1./s1. The second-order valence-corrected chi connectivity index (χ2v) is 8.55. The van der Waals surface area contributed by atoms with Crippen molar-refractivity contribution in [1.29, 1.82) is 0 Å². The Balaban J connectivity index is 0.000000158. The summed E-state index contributed by atoms with van der Waals surface area (Å²) in [5.74, 6) is -3.56. The van der Waals surface area contributed by atoms with Crippen molar-refractivity contribution in [3.63, 3.8) is 0 Å². The van der Waals surface area contributed by atoms with Crippen LogP contribution in [0.25, 0.3) is 10.9 Å². The Morgan fingerprint density at radius 2 is 1.97 bits per heavy atom. The van der Waals surface area contributed by atoms with Gasteiger partial charge < -0.3 is 10.7 Å². The number of hydrogen-bond donors (Lipinski definition) is 2. The zero-order valence-electron chi connectivity index (χ0n) is 17.6. The smallest absolute Gasteiger partial charge is 0.268 e. The first-order chi connectivity index (χ1) is 15.2. The van der Waals surface area contributed by atoms with Gasteiger partial charge in [-0.05, 0) is 61.3 Å². The number of pyridine rings is 2. The van der Waals surface area contributed by atoms with E-state index in [1.807, 2.05) is 6.07 Å². The summed E-state index contributed by atoms with van der Waals surface area (Å²) in [4.78, 5) is 29.0. The lowest BCUT2D eigenvalue weighted by Crippen LogP contribution is -2.22. The van der Waals surface area contributed by atoms with E-state index in [9.17, 15) is 22.8 Å². The van der Waals surface area contributed by atoms with Crippen LogP contribution in [-0.2, 0) is 0 Å². The van der Waals surface area contributed by atoms with Crippen molar-refractivity contribution >= 4 is 16.8 Å². The van der Waals surface area contributed by atoms with E-state index in [2.05, 4.69) is 9.97 Å². The van der Waals surface area contributed by atoms with Gasteiger partial charge in [0, 0.05) is 30.8 Å². The van der Waals surface area contributed by atoms with Crippen molar-refractivity contribution in [1.82, 2.24) is 9.97 Å². The van der Waals surface area contributed by atoms with Crippen LogP contribution in [0.1, 0.15) is 53.2 Å². The second kappa shape index (κ2) is 8.41. The average molecular weight is 443 g/mol. The number of nitrogens with one attached hydrogen (secondary N) is 1. The summed E-state index contributed by atoms with van der Waals surface area (Å²) < 4.78 is 40.6. The van der Waals surface area contributed by atoms with Crippen LogP contribution in [0, 0.1) is 24.6 Å². The molecule has 0 bridgehead atoms. The van der Waals surface area contributed by atoms with E-state index in [0.29, 0.717) is 23.9 Å². The molecule has 0 saturated heterocycles. The SMILES string of the molecule is Cc1cc(C2CC[C@H]3[C@@H]2CCC3(F)F)ccc1F.NC(=O)c1nccc2[nH]ccc(=O)c12. The number of alkyl halides is 2. The van der Waals surface area contributed by atoms with Crippen LogP contribution in [0.3, 0.4) is 0 Å². The van der Waals surface area contributed by atoms with Crippen molar-refractivity contribution in [3.8, 4) is 0 Å². The number of carbonyl (C=O) groups is 1. The van der Waals surface area contributed by atoms with Crippen molar-refractivity contribution < 1.29 is 18.0 Å². The molecule has 2 aromatic heterocycles. The van der Waals surface area contributed by atoms with E-state index in [4.69, 9.17) is 5.73 Å². The first kappa shape index (κ1) is 22.0. The van der Waals surface area contributed by atoms with E-state index in [0.717, 1.165) is 12.0 Å². The molecule has 2 saturated carbocycles. The first-order valence-electron chi connectivity index (χ1n) is 10.6. The fraction of sp³-hybridized carbons (Fsp3) is 0.375. The third-order valence-electron chi connectivity index (χ3n) is 6.69. The topological polar surface area (TPSA) is 88.8 Å². The molecule has 0 radical (unpaired) electrons. The van der Waals surface area contributed by atoms with Crippen molar-refractivity contribution in [3.05, 3.63) is 75.6 Å². The zero-order chi connectivity index (χ0) is 23.0. The van der Waals surface area contributed by atoms with Gasteiger partial charge in [-0.25, -0.2) is 13.2 Å². The summed E-state index contributed by atoms with van der Waals surface area (Å²) in [5.41, 5.74) is 7.04. The molecule has 8 heteroatoms. The molecule has 2 aliphatic rings. The molecule has 1 unspecified atom stereocenters. The van der Waals surface area contributed by atoms with Crippen LogP contribution in [0.15, 0.2) is 47.5 Å². The summed E-state index contributed by atoms with van der Waals surface area (Å²) in [6, 6.07) is 8.01. The summed E-state index contributed by atoms with van der Waals surface area (Å²) in [7, 11) is 0. The lowest BCUT2D eigenvalue weighted by Gasteiger charge is -2.20.